The molecule has 0 aliphatic rings. The van der Waals surface area contributed by atoms with Gasteiger partial charge in [0.05, 0.1) is 11.4 Å². The summed E-state index contributed by atoms with van der Waals surface area (Å²) in [5, 5.41) is 0.696. The Morgan fingerprint density at radius 1 is 1.17 bits per heavy atom. The van der Waals surface area contributed by atoms with E-state index in [1.54, 1.807) is 6.07 Å². The minimum atomic E-state index is 0.696. The fourth-order valence-corrected chi connectivity index (χ4v) is 2.23. The van der Waals surface area contributed by atoms with E-state index in [1.807, 2.05) is 31.3 Å². The van der Waals surface area contributed by atoms with Gasteiger partial charge in [0, 0.05) is 23.1 Å². The Balaban J connectivity index is 2.18. The van der Waals surface area contributed by atoms with Crippen LogP contribution in [0.5, 0.6) is 0 Å². The molecule has 2 N–H and O–H groups in total. The number of hydrogen-bond acceptors (Lipinski definition) is 2. The fourth-order valence-electron chi connectivity index (χ4n) is 1.80. The van der Waals surface area contributed by atoms with E-state index in [-0.39, 0.29) is 0 Å². The maximum absolute atomic E-state index is 6.00. The van der Waals surface area contributed by atoms with Gasteiger partial charge in [0.25, 0.3) is 0 Å². The molecule has 0 aliphatic carbocycles. The molecular weight excluding hydrogens is 312 g/mol. The van der Waals surface area contributed by atoms with Gasteiger partial charge >= 0.3 is 0 Å². The molecule has 4 heteroatoms. The molecule has 0 heterocycles. The van der Waals surface area contributed by atoms with Crippen molar-refractivity contribution in [2.24, 2.45) is 0 Å². The molecule has 94 valence electrons. The molecule has 0 aliphatic heterocycles. The number of halogens is 2. The Labute approximate surface area is 120 Å². The van der Waals surface area contributed by atoms with Crippen LogP contribution < -0.4 is 10.6 Å². The minimum Gasteiger partial charge on any atom is -0.397 e. The number of nitrogens with zero attached hydrogens (tertiary/aromatic N) is 1. The van der Waals surface area contributed by atoms with Gasteiger partial charge in [0.1, 0.15) is 0 Å². The first kappa shape index (κ1) is 13.2. The third-order valence-corrected chi connectivity index (χ3v) is 3.50. The molecule has 0 fully saturated rings. The molecule has 2 rings (SSSR count). The molecule has 2 aromatic carbocycles. The lowest BCUT2D eigenvalue weighted by Crippen LogP contribution is -2.17. The summed E-state index contributed by atoms with van der Waals surface area (Å²) in [4.78, 5) is 2.09. The van der Waals surface area contributed by atoms with Crippen molar-refractivity contribution >= 4 is 38.9 Å². The summed E-state index contributed by atoms with van der Waals surface area (Å²) in [7, 11) is 2.00. The Morgan fingerprint density at radius 3 is 2.50 bits per heavy atom. The van der Waals surface area contributed by atoms with Gasteiger partial charge in [-0.15, -0.1) is 0 Å². The van der Waals surface area contributed by atoms with E-state index in [1.165, 1.54) is 5.56 Å². The van der Waals surface area contributed by atoms with Crippen molar-refractivity contribution in [2.75, 3.05) is 17.7 Å². The number of anilines is 2. The molecule has 0 bridgehead atoms. The van der Waals surface area contributed by atoms with Gasteiger partial charge in [-0.05, 0) is 35.9 Å². The van der Waals surface area contributed by atoms with Crippen LogP contribution in [-0.4, -0.2) is 7.05 Å². The second kappa shape index (κ2) is 5.63. The average molecular weight is 326 g/mol. The van der Waals surface area contributed by atoms with Crippen molar-refractivity contribution in [1.29, 1.82) is 0 Å². The summed E-state index contributed by atoms with van der Waals surface area (Å²) in [5.41, 5.74) is 8.87. The standard InChI is InChI=1S/C14H14BrClN2/c1-18(9-10-2-4-11(15)5-3-10)14-8-12(16)6-7-13(14)17/h2-8H,9,17H2,1H3. The van der Waals surface area contributed by atoms with Crippen LogP contribution in [0, 0.1) is 0 Å². The van der Waals surface area contributed by atoms with E-state index in [0.29, 0.717) is 5.02 Å². The SMILES string of the molecule is CN(Cc1ccc(Br)cc1)c1cc(Cl)ccc1N. The first-order valence-electron chi connectivity index (χ1n) is 5.57. The summed E-state index contributed by atoms with van der Waals surface area (Å²) in [6.45, 7) is 0.790. The highest BCUT2D eigenvalue weighted by Gasteiger charge is 2.06. The van der Waals surface area contributed by atoms with E-state index >= 15 is 0 Å². The lowest BCUT2D eigenvalue weighted by Gasteiger charge is -2.21. The molecule has 0 unspecified atom stereocenters. The summed E-state index contributed by atoms with van der Waals surface area (Å²) in [5.74, 6) is 0. The highest BCUT2D eigenvalue weighted by molar-refractivity contribution is 9.10. The first-order chi connectivity index (χ1) is 8.56. The van der Waals surface area contributed by atoms with Gasteiger partial charge in [-0.3, -0.25) is 0 Å². The zero-order chi connectivity index (χ0) is 13.1. The van der Waals surface area contributed by atoms with E-state index in [4.69, 9.17) is 17.3 Å². The van der Waals surface area contributed by atoms with E-state index < -0.39 is 0 Å². The van der Waals surface area contributed by atoms with E-state index in [2.05, 4.69) is 33.0 Å². The summed E-state index contributed by atoms with van der Waals surface area (Å²) in [6.07, 6.45) is 0. The van der Waals surface area contributed by atoms with Crippen molar-refractivity contribution in [3.05, 3.63) is 57.5 Å². The van der Waals surface area contributed by atoms with Crippen LogP contribution in [-0.2, 0) is 6.54 Å². The van der Waals surface area contributed by atoms with Gasteiger partial charge in [-0.1, -0.05) is 39.7 Å². The molecule has 2 nitrogen and oxygen atoms in total. The molecule has 0 amide bonds. The highest BCUT2D eigenvalue weighted by Crippen LogP contribution is 2.27. The van der Waals surface area contributed by atoms with Crippen LogP contribution in [0.3, 0.4) is 0 Å². The van der Waals surface area contributed by atoms with Crippen LogP contribution >= 0.6 is 27.5 Å². The lowest BCUT2D eigenvalue weighted by atomic mass is 10.2. The largest absolute Gasteiger partial charge is 0.397 e. The number of benzene rings is 2. The molecule has 2 aromatic rings. The molecule has 0 saturated carbocycles. The summed E-state index contributed by atoms with van der Waals surface area (Å²) in [6, 6.07) is 13.7. The number of nitrogens with two attached hydrogens (primary N) is 1. The molecule has 0 saturated heterocycles. The molecule has 0 spiro atoms. The molecule has 0 atom stereocenters. The number of hydrogen-bond donors (Lipinski definition) is 1. The maximum atomic E-state index is 6.00. The monoisotopic (exact) mass is 324 g/mol. The number of rotatable bonds is 3. The Morgan fingerprint density at radius 2 is 1.83 bits per heavy atom. The molecule has 0 aromatic heterocycles. The van der Waals surface area contributed by atoms with Crippen LogP contribution in [0.15, 0.2) is 46.9 Å². The average Bonchev–Trinajstić information content (AvgIpc) is 2.35. The van der Waals surface area contributed by atoms with E-state index in [9.17, 15) is 0 Å². The zero-order valence-electron chi connectivity index (χ0n) is 10.0. The Bertz CT molecular complexity index is 540. The normalized spacial score (nSPS) is 10.4. The summed E-state index contributed by atoms with van der Waals surface area (Å²) < 4.78 is 1.08. The van der Waals surface area contributed by atoms with Gasteiger partial charge < -0.3 is 10.6 Å². The first-order valence-corrected chi connectivity index (χ1v) is 6.74. The van der Waals surface area contributed by atoms with Gasteiger partial charge in [-0.2, -0.15) is 0 Å². The van der Waals surface area contributed by atoms with Crippen molar-refractivity contribution in [3.63, 3.8) is 0 Å². The Kier molecular flexibility index (Phi) is 4.15. The minimum absolute atomic E-state index is 0.696. The predicted molar refractivity (Wildman–Crippen MR) is 82.1 cm³/mol. The smallest absolute Gasteiger partial charge is 0.0615 e. The quantitative estimate of drug-likeness (QED) is 0.852. The third-order valence-electron chi connectivity index (χ3n) is 2.74. The molecule has 0 radical (unpaired) electrons. The van der Waals surface area contributed by atoms with Crippen LogP contribution in [0.2, 0.25) is 5.02 Å². The second-order valence-electron chi connectivity index (χ2n) is 4.19. The topological polar surface area (TPSA) is 29.3 Å². The van der Waals surface area contributed by atoms with E-state index in [0.717, 1.165) is 22.4 Å². The molecular formula is C14H14BrClN2. The van der Waals surface area contributed by atoms with Gasteiger partial charge in [-0.25, -0.2) is 0 Å². The van der Waals surface area contributed by atoms with Crippen molar-refractivity contribution in [2.45, 2.75) is 6.54 Å². The van der Waals surface area contributed by atoms with Crippen LogP contribution in [0.1, 0.15) is 5.56 Å². The molecule has 18 heavy (non-hydrogen) atoms. The third kappa shape index (κ3) is 3.18. The fraction of sp³-hybridized carbons (Fsp3) is 0.143. The van der Waals surface area contributed by atoms with Crippen molar-refractivity contribution in [1.82, 2.24) is 0 Å². The predicted octanol–water partition coefficient (Wildman–Crippen LogP) is 4.32. The Hall–Kier alpha value is -1.19. The van der Waals surface area contributed by atoms with Crippen LogP contribution in [0.25, 0.3) is 0 Å². The van der Waals surface area contributed by atoms with Crippen molar-refractivity contribution in [3.8, 4) is 0 Å². The zero-order valence-corrected chi connectivity index (χ0v) is 12.4. The van der Waals surface area contributed by atoms with Crippen LogP contribution in [0.4, 0.5) is 11.4 Å². The van der Waals surface area contributed by atoms with Gasteiger partial charge in [0.2, 0.25) is 0 Å². The second-order valence-corrected chi connectivity index (χ2v) is 5.54. The summed E-state index contributed by atoms with van der Waals surface area (Å²) >= 11 is 9.42. The van der Waals surface area contributed by atoms with Gasteiger partial charge in [0.15, 0.2) is 0 Å². The lowest BCUT2D eigenvalue weighted by molar-refractivity contribution is 0.924. The number of nitrogen functional groups attached to an aromatic ring is 1. The van der Waals surface area contributed by atoms with Crippen molar-refractivity contribution < 1.29 is 0 Å². The maximum Gasteiger partial charge on any atom is 0.0615 e. The highest BCUT2D eigenvalue weighted by atomic mass is 79.9.